The van der Waals surface area contributed by atoms with Gasteiger partial charge in [-0.1, -0.05) is 6.07 Å². The van der Waals surface area contributed by atoms with Gasteiger partial charge in [-0.3, -0.25) is 4.98 Å². The van der Waals surface area contributed by atoms with E-state index in [0.29, 0.717) is 0 Å². The van der Waals surface area contributed by atoms with Crippen LogP contribution >= 0.6 is 0 Å². The van der Waals surface area contributed by atoms with Crippen molar-refractivity contribution in [3.05, 3.63) is 54.7 Å². The summed E-state index contributed by atoms with van der Waals surface area (Å²) < 4.78 is 1.80. The summed E-state index contributed by atoms with van der Waals surface area (Å²) in [6.07, 6.45) is 8.02. The van der Waals surface area contributed by atoms with Gasteiger partial charge in [-0.15, -0.1) is 0 Å². The van der Waals surface area contributed by atoms with Crippen LogP contribution in [0.15, 0.2) is 49.1 Å². The Morgan fingerprint density at radius 3 is 2.94 bits per heavy atom. The molecule has 0 spiro atoms. The topological polar surface area (TPSA) is 55.1 Å². The molecule has 0 aliphatic rings. The molecule has 3 aromatic rings. The van der Waals surface area contributed by atoms with Crippen molar-refractivity contribution in [2.45, 2.75) is 6.42 Å². The van der Waals surface area contributed by atoms with E-state index in [1.165, 1.54) is 0 Å². The number of hydrogen-bond donors (Lipinski definition) is 1. The molecule has 0 unspecified atom stereocenters. The molecule has 1 N–H and O–H groups in total. The van der Waals surface area contributed by atoms with Gasteiger partial charge in [0, 0.05) is 37.3 Å². The van der Waals surface area contributed by atoms with E-state index in [2.05, 4.69) is 20.4 Å². The van der Waals surface area contributed by atoms with Crippen LogP contribution in [-0.4, -0.2) is 26.1 Å². The maximum absolute atomic E-state index is 4.32. The van der Waals surface area contributed by atoms with Gasteiger partial charge in [0.2, 0.25) is 0 Å². The molecule has 0 aromatic carbocycles. The fraction of sp³-hybridized carbons (Fsp3) is 0.154. The van der Waals surface area contributed by atoms with Crippen molar-refractivity contribution >= 4 is 11.3 Å². The summed E-state index contributed by atoms with van der Waals surface area (Å²) in [5.41, 5.74) is 2.06. The van der Waals surface area contributed by atoms with Crippen molar-refractivity contribution in [3.8, 4) is 0 Å². The van der Waals surface area contributed by atoms with Gasteiger partial charge >= 0.3 is 0 Å². The van der Waals surface area contributed by atoms with Crippen molar-refractivity contribution in [2.75, 3.05) is 11.9 Å². The summed E-state index contributed by atoms with van der Waals surface area (Å²) in [4.78, 5) is 8.60. The molecule has 5 nitrogen and oxygen atoms in total. The fourth-order valence-electron chi connectivity index (χ4n) is 1.85. The Morgan fingerprint density at radius 1 is 1.06 bits per heavy atom. The van der Waals surface area contributed by atoms with Crippen molar-refractivity contribution in [2.24, 2.45) is 0 Å². The Hall–Kier alpha value is -2.43. The first-order valence-electron chi connectivity index (χ1n) is 5.85. The Bertz CT molecular complexity index is 632. The van der Waals surface area contributed by atoms with Gasteiger partial charge < -0.3 is 5.32 Å². The molecular formula is C13H13N5. The standard InChI is InChI=1S/C13H13N5/c1-2-6-14-11(3-1)4-7-15-13-12-5-8-17-18(12)10-9-16-13/h1-3,5-6,8-10H,4,7H2,(H,15,16). The van der Waals surface area contributed by atoms with Gasteiger partial charge in [-0.05, 0) is 18.2 Å². The summed E-state index contributed by atoms with van der Waals surface area (Å²) in [7, 11) is 0. The first kappa shape index (κ1) is 10.7. The minimum absolute atomic E-state index is 0.800. The molecule has 0 saturated carbocycles. The van der Waals surface area contributed by atoms with Crippen molar-refractivity contribution < 1.29 is 0 Å². The summed E-state index contributed by atoms with van der Waals surface area (Å²) >= 11 is 0. The van der Waals surface area contributed by atoms with E-state index >= 15 is 0 Å². The summed E-state index contributed by atoms with van der Waals surface area (Å²) in [5, 5.41) is 7.48. The van der Waals surface area contributed by atoms with E-state index in [0.717, 1.165) is 30.0 Å². The number of aromatic nitrogens is 4. The van der Waals surface area contributed by atoms with Gasteiger partial charge in [0.15, 0.2) is 5.82 Å². The number of fused-ring (bicyclic) bond motifs is 1. The average Bonchev–Trinajstić information content (AvgIpc) is 2.89. The minimum Gasteiger partial charge on any atom is -0.368 e. The molecule has 3 aromatic heterocycles. The number of nitrogens with one attached hydrogen (secondary N) is 1. The van der Waals surface area contributed by atoms with E-state index < -0.39 is 0 Å². The predicted octanol–water partition coefficient (Wildman–Crippen LogP) is 1.78. The second-order valence-electron chi connectivity index (χ2n) is 3.93. The molecule has 0 bridgehead atoms. The number of anilines is 1. The van der Waals surface area contributed by atoms with Crippen LogP contribution in [0.5, 0.6) is 0 Å². The second-order valence-corrected chi connectivity index (χ2v) is 3.93. The van der Waals surface area contributed by atoms with Crippen LogP contribution in [-0.2, 0) is 6.42 Å². The van der Waals surface area contributed by atoms with Gasteiger partial charge in [0.05, 0.1) is 6.20 Å². The Kier molecular flexibility index (Phi) is 2.87. The molecule has 0 amide bonds. The van der Waals surface area contributed by atoms with E-state index in [1.807, 2.05) is 36.7 Å². The van der Waals surface area contributed by atoms with E-state index in [9.17, 15) is 0 Å². The lowest BCUT2D eigenvalue weighted by atomic mass is 10.3. The number of rotatable bonds is 4. The summed E-state index contributed by atoms with van der Waals surface area (Å²) in [5.74, 6) is 0.853. The normalized spacial score (nSPS) is 10.7. The van der Waals surface area contributed by atoms with E-state index in [-0.39, 0.29) is 0 Å². The Balaban J connectivity index is 1.68. The van der Waals surface area contributed by atoms with Gasteiger partial charge in [-0.25, -0.2) is 9.50 Å². The van der Waals surface area contributed by atoms with Crippen molar-refractivity contribution in [1.82, 2.24) is 19.6 Å². The lowest BCUT2D eigenvalue weighted by Crippen LogP contribution is -2.08. The monoisotopic (exact) mass is 239 g/mol. The van der Waals surface area contributed by atoms with Crippen LogP contribution < -0.4 is 5.32 Å². The predicted molar refractivity (Wildman–Crippen MR) is 69.4 cm³/mol. The van der Waals surface area contributed by atoms with Gasteiger partial charge in [0.1, 0.15) is 5.52 Å². The highest BCUT2D eigenvalue weighted by atomic mass is 15.2. The van der Waals surface area contributed by atoms with E-state index in [4.69, 9.17) is 0 Å². The molecule has 5 heteroatoms. The van der Waals surface area contributed by atoms with Crippen LogP contribution in [0.2, 0.25) is 0 Å². The van der Waals surface area contributed by atoms with Crippen molar-refractivity contribution in [1.29, 1.82) is 0 Å². The SMILES string of the molecule is c1ccc(CCNc2nccn3nccc23)nc1. The lowest BCUT2D eigenvalue weighted by Gasteiger charge is -2.06. The molecule has 3 rings (SSSR count). The summed E-state index contributed by atoms with van der Waals surface area (Å²) in [6.45, 7) is 0.800. The smallest absolute Gasteiger partial charge is 0.152 e. The van der Waals surface area contributed by atoms with E-state index in [1.54, 1.807) is 16.9 Å². The number of nitrogens with zero attached hydrogens (tertiary/aromatic N) is 4. The molecular weight excluding hydrogens is 226 g/mol. The third-order valence-corrected chi connectivity index (χ3v) is 2.72. The highest BCUT2D eigenvalue weighted by Gasteiger charge is 2.02. The molecule has 90 valence electrons. The lowest BCUT2D eigenvalue weighted by molar-refractivity contribution is 0.927. The molecule has 0 fully saturated rings. The van der Waals surface area contributed by atoms with Gasteiger partial charge in [0.25, 0.3) is 0 Å². The first-order valence-corrected chi connectivity index (χ1v) is 5.85. The highest BCUT2D eigenvalue weighted by molar-refractivity contribution is 5.66. The molecule has 0 atom stereocenters. The largest absolute Gasteiger partial charge is 0.368 e. The Morgan fingerprint density at radius 2 is 2.06 bits per heavy atom. The second kappa shape index (κ2) is 4.83. The zero-order valence-electron chi connectivity index (χ0n) is 9.82. The fourth-order valence-corrected chi connectivity index (χ4v) is 1.85. The minimum atomic E-state index is 0.800. The zero-order chi connectivity index (χ0) is 12.2. The molecule has 0 aliphatic carbocycles. The van der Waals surface area contributed by atoms with Crippen LogP contribution in [0.3, 0.4) is 0 Å². The maximum atomic E-state index is 4.32. The third kappa shape index (κ3) is 2.15. The van der Waals surface area contributed by atoms with Crippen LogP contribution in [0.25, 0.3) is 5.52 Å². The van der Waals surface area contributed by atoms with Crippen molar-refractivity contribution in [3.63, 3.8) is 0 Å². The Labute approximate surface area is 105 Å². The maximum Gasteiger partial charge on any atom is 0.152 e. The molecule has 0 saturated heterocycles. The van der Waals surface area contributed by atoms with Crippen LogP contribution in [0.4, 0.5) is 5.82 Å². The van der Waals surface area contributed by atoms with Crippen LogP contribution in [0, 0.1) is 0 Å². The molecule has 0 radical (unpaired) electrons. The zero-order valence-corrected chi connectivity index (χ0v) is 9.82. The number of pyridine rings is 1. The summed E-state index contributed by atoms with van der Waals surface area (Å²) in [6, 6.07) is 7.88. The number of hydrogen-bond acceptors (Lipinski definition) is 4. The quantitative estimate of drug-likeness (QED) is 0.754. The van der Waals surface area contributed by atoms with Crippen LogP contribution in [0.1, 0.15) is 5.69 Å². The first-order chi connectivity index (χ1) is 8.93. The molecule has 3 heterocycles. The average molecular weight is 239 g/mol. The molecule has 18 heavy (non-hydrogen) atoms. The van der Waals surface area contributed by atoms with Gasteiger partial charge in [-0.2, -0.15) is 5.10 Å². The highest BCUT2D eigenvalue weighted by Crippen LogP contribution is 2.11. The third-order valence-electron chi connectivity index (χ3n) is 2.72. The molecule has 0 aliphatic heterocycles.